The SMILES string of the molecule is COc1ccc(OC)c(C2C(C(=O)c3cc4ccccc4o3)=C(O)C(=O)N2CCC[n+]2cc[nH]c2)c1. The lowest BCUT2D eigenvalue weighted by Gasteiger charge is -2.28. The van der Waals surface area contributed by atoms with Crippen LogP contribution in [0.15, 0.2) is 83.0 Å². The van der Waals surface area contributed by atoms with E-state index in [2.05, 4.69) is 4.98 Å². The fraction of sp³-hybridized carbons (Fsp3) is 0.222. The van der Waals surface area contributed by atoms with Crippen LogP contribution in [0.1, 0.15) is 28.6 Å². The summed E-state index contributed by atoms with van der Waals surface area (Å²) in [5, 5.41) is 11.7. The highest BCUT2D eigenvalue weighted by Crippen LogP contribution is 2.44. The van der Waals surface area contributed by atoms with Crippen LogP contribution in [-0.2, 0) is 11.3 Å². The van der Waals surface area contributed by atoms with E-state index in [0.29, 0.717) is 42.2 Å². The second-order valence-electron chi connectivity index (χ2n) is 8.45. The smallest absolute Gasteiger partial charge is 0.290 e. The highest BCUT2D eigenvalue weighted by molar-refractivity contribution is 6.16. The highest BCUT2D eigenvalue weighted by atomic mass is 16.5. The zero-order valence-electron chi connectivity index (χ0n) is 19.9. The van der Waals surface area contributed by atoms with Crippen molar-refractivity contribution in [2.24, 2.45) is 0 Å². The molecule has 0 saturated heterocycles. The molecule has 0 radical (unpaired) electrons. The number of para-hydroxylation sites is 1. The largest absolute Gasteiger partial charge is 0.503 e. The van der Waals surface area contributed by atoms with Crippen LogP contribution >= 0.6 is 0 Å². The molecule has 1 amide bonds. The lowest BCUT2D eigenvalue weighted by molar-refractivity contribution is -0.695. The zero-order valence-corrected chi connectivity index (χ0v) is 19.9. The van der Waals surface area contributed by atoms with Gasteiger partial charge in [-0.2, -0.15) is 0 Å². The molecule has 9 nitrogen and oxygen atoms in total. The van der Waals surface area contributed by atoms with E-state index < -0.39 is 23.5 Å². The molecule has 4 aromatic rings. The van der Waals surface area contributed by atoms with Crippen molar-refractivity contribution in [3.05, 3.63) is 89.9 Å². The van der Waals surface area contributed by atoms with Gasteiger partial charge >= 0.3 is 0 Å². The van der Waals surface area contributed by atoms with Gasteiger partial charge in [0.25, 0.3) is 5.91 Å². The Morgan fingerprint density at radius 1 is 1.17 bits per heavy atom. The van der Waals surface area contributed by atoms with Gasteiger partial charge in [0.05, 0.1) is 32.4 Å². The summed E-state index contributed by atoms with van der Waals surface area (Å²) in [4.78, 5) is 31.5. The number of fused-ring (bicyclic) bond motifs is 1. The molecule has 36 heavy (non-hydrogen) atoms. The number of amides is 1. The number of aryl methyl sites for hydroxylation is 1. The number of ether oxygens (including phenoxy) is 2. The number of hydrogen-bond donors (Lipinski definition) is 2. The Hall–Kier alpha value is -4.53. The third-order valence-electron chi connectivity index (χ3n) is 6.35. The molecule has 0 bridgehead atoms. The number of H-pyrrole nitrogens is 1. The van der Waals surface area contributed by atoms with Crippen molar-refractivity contribution >= 4 is 22.7 Å². The lowest BCUT2D eigenvalue weighted by atomic mass is 9.94. The summed E-state index contributed by atoms with van der Waals surface area (Å²) in [6, 6.07) is 13.1. The fourth-order valence-corrected chi connectivity index (χ4v) is 4.60. The van der Waals surface area contributed by atoms with Crippen LogP contribution in [-0.4, -0.2) is 47.4 Å². The molecule has 1 atom stereocenters. The molecule has 0 fully saturated rings. The average Bonchev–Trinajstić information content (AvgIpc) is 3.63. The number of aliphatic hydroxyl groups excluding tert-OH is 1. The van der Waals surface area contributed by atoms with Crippen LogP contribution in [0.4, 0.5) is 0 Å². The lowest BCUT2D eigenvalue weighted by Crippen LogP contribution is -2.36. The number of carbonyl (C=O) groups is 2. The standard InChI is InChI=1S/C27H25N3O6/c1-34-18-8-9-21(35-2)19(15-18)24-23(25(31)22-14-17-6-3-4-7-20(17)36-22)26(32)27(33)30(24)12-5-11-29-13-10-28-16-29/h3-4,6-10,13-16,24H,5,11-12H2,1-2H3,(H,31,32)/p+1. The summed E-state index contributed by atoms with van der Waals surface area (Å²) >= 11 is 0. The molecule has 5 rings (SSSR count). The minimum Gasteiger partial charge on any atom is -0.503 e. The summed E-state index contributed by atoms with van der Waals surface area (Å²) in [7, 11) is 3.05. The highest BCUT2D eigenvalue weighted by Gasteiger charge is 2.45. The van der Waals surface area contributed by atoms with Crippen LogP contribution in [0.25, 0.3) is 11.0 Å². The molecule has 2 N–H and O–H groups in total. The number of imidazole rings is 1. The van der Waals surface area contributed by atoms with E-state index in [0.717, 1.165) is 5.39 Å². The van der Waals surface area contributed by atoms with Crippen LogP contribution in [0.2, 0.25) is 0 Å². The number of carbonyl (C=O) groups excluding carboxylic acids is 2. The molecule has 9 heteroatoms. The molecule has 3 heterocycles. The van der Waals surface area contributed by atoms with Gasteiger partial charge in [-0.05, 0) is 30.3 Å². The third-order valence-corrected chi connectivity index (χ3v) is 6.35. The first kappa shape index (κ1) is 23.2. The maximum absolute atomic E-state index is 13.7. The summed E-state index contributed by atoms with van der Waals surface area (Å²) < 4.78 is 18.7. The summed E-state index contributed by atoms with van der Waals surface area (Å²) in [6.07, 6.45) is 6.11. The Labute approximate surface area is 207 Å². The second kappa shape index (κ2) is 9.61. The monoisotopic (exact) mass is 488 g/mol. The Kier molecular flexibility index (Phi) is 6.20. The normalized spacial score (nSPS) is 15.7. The maximum Gasteiger partial charge on any atom is 0.290 e. The van der Waals surface area contributed by atoms with Crippen LogP contribution in [0.5, 0.6) is 11.5 Å². The zero-order chi connectivity index (χ0) is 25.2. The minimum atomic E-state index is -0.889. The number of aromatic amines is 1. The van der Waals surface area contributed by atoms with Crippen LogP contribution in [0, 0.1) is 0 Å². The fourth-order valence-electron chi connectivity index (χ4n) is 4.60. The number of aromatic nitrogens is 2. The quantitative estimate of drug-likeness (QED) is 0.275. The average molecular weight is 489 g/mol. The number of aliphatic hydroxyl groups is 1. The van der Waals surface area contributed by atoms with Crippen molar-refractivity contribution in [3.8, 4) is 11.5 Å². The van der Waals surface area contributed by atoms with Gasteiger partial charge in [-0.1, -0.05) is 18.2 Å². The predicted molar refractivity (Wildman–Crippen MR) is 130 cm³/mol. The number of Topliss-reactive ketones (excluding diaryl/α,β-unsaturated/α-hetero) is 1. The van der Waals surface area contributed by atoms with E-state index in [9.17, 15) is 14.7 Å². The van der Waals surface area contributed by atoms with Crippen molar-refractivity contribution in [2.75, 3.05) is 20.8 Å². The predicted octanol–water partition coefficient (Wildman–Crippen LogP) is 3.73. The summed E-state index contributed by atoms with van der Waals surface area (Å²) in [5.74, 6) is -0.740. The number of ketones is 1. The first-order valence-corrected chi connectivity index (χ1v) is 11.5. The van der Waals surface area contributed by atoms with Crippen molar-refractivity contribution in [1.82, 2.24) is 9.88 Å². The van der Waals surface area contributed by atoms with E-state index in [-0.39, 0.29) is 11.3 Å². The second-order valence-corrected chi connectivity index (χ2v) is 8.45. The van der Waals surface area contributed by atoms with E-state index >= 15 is 0 Å². The Morgan fingerprint density at radius 3 is 2.72 bits per heavy atom. The van der Waals surface area contributed by atoms with E-state index in [1.165, 1.54) is 19.1 Å². The van der Waals surface area contributed by atoms with Crippen LogP contribution < -0.4 is 14.0 Å². The molecule has 1 unspecified atom stereocenters. The molecule has 1 aliphatic rings. The molecule has 1 aliphatic heterocycles. The first-order valence-electron chi connectivity index (χ1n) is 11.5. The van der Waals surface area contributed by atoms with Crippen molar-refractivity contribution in [3.63, 3.8) is 0 Å². The van der Waals surface area contributed by atoms with E-state index in [1.54, 1.807) is 30.3 Å². The van der Waals surface area contributed by atoms with Gasteiger partial charge in [0.2, 0.25) is 12.1 Å². The number of benzene rings is 2. The molecular weight excluding hydrogens is 462 g/mol. The van der Waals surface area contributed by atoms with Crippen molar-refractivity contribution in [1.29, 1.82) is 0 Å². The summed E-state index contributed by atoms with van der Waals surface area (Å²) in [5.41, 5.74) is 1.02. The number of methoxy groups -OCH3 is 2. The van der Waals surface area contributed by atoms with Gasteiger partial charge in [0.15, 0.2) is 11.5 Å². The van der Waals surface area contributed by atoms with Crippen LogP contribution in [0.3, 0.4) is 0 Å². The van der Waals surface area contributed by atoms with Crippen molar-refractivity contribution in [2.45, 2.75) is 19.0 Å². The van der Waals surface area contributed by atoms with E-state index in [1.807, 2.05) is 41.5 Å². The Morgan fingerprint density at radius 2 is 2.00 bits per heavy atom. The Balaban J connectivity index is 1.57. The van der Waals surface area contributed by atoms with Gasteiger partial charge in [-0.25, -0.2) is 4.57 Å². The molecule has 0 spiro atoms. The topological polar surface area (TPSA) is 109 Å². The first-order chi connectivity index (χ1) is 17.5. The Bertz CT molecular complexity index is 1420. The van der Waals surface area contributed by atoms with Gasteiger partial charge < -0.3 is 23.9 Å². The molecular formula is C27H26N3O6+. The maximum atomic E-state index is 13.7. The minimum absolute atomic E-state index is 0.0436. The number of furan rings is 1. The van der Waals surface area contributed by atoms with Gasteiger partial charge in [0, 0.05) is 23.9 Å². The number of hydrogen-bond acceptors (Lipinski definition) is 6. The van der Waals surface area contributed by atoms with Crippen molar-refractivity contribution < 1.29 is 33.2 Å². The molecule has 184 valence electrons. The third kappa shape index (κ3) is 4.08. The molecule has 2 aromatic carbocycles. The number of nitrogens with zero attached hydrogens (tertiary/aromatic N) is 2. The van der Waals surface area contributed by atoms with Gasteiger partial charge in [0.1, 0.15) is 29.5 Å². The van der Waals surface area contributed by atoms with Gasteiger partial charge in [-0.15, -0.1) is 0 Å². The number of nitrogens with one attached hydrogen (secondary N) is 1. The molecule has 0 saturated carbocycles. The van der Waals surface area contributed by atoms with E-state index in [4.69, 9.17) is 13.9 Å². The number of rotatable bonds is 9. The molecule has 2 aromatic heterocycles. The van der Waals surface area contributed by atoms with Gasteiger partial charge in [-0.3, -0.25) is 14.6 Å². The molecule has 0 aliphatic carbocycles. The summed E-state index contributed by atoms with van der Waals surface area (Å²) in [6.45, 7) is 0.936.